The summed E-state index contributed by atoms with van der Waals surface area (Å²) in [5.41, 5.74) is 0.927. The highest BCUT2D eigenvalue weighted by Crippen LogP contribution is 2.18. The Hall–Kier alpha value is -4.21. The SMILES string of the molecule is CCn1nc(C)c2c1c(=O)n(Cc1ccc(F)cc1)c(=O)n2CC(=O)Nc1cccc(OC)c1. The number of ether oxygens (including phenoxy) is 1. The number of methoxy groups -OCH3 is 1. The number of anilines is 1. The van der Waals surface area contributed by atoms with Crippen LogP contribution in [-0.4, -0.2) is 31.9 Å². The van der Waals surface area contributed by atoms with Crippen molar-refractivity contribution in [1.82, 2.24) is 18.9 Å². The van der Waals surface area contributed by atoms with Crippen LogP contribution in [0, 0.1) is 12.7 Å². The van der Waals surface area contributed by atoms with Crippen LogP contribution in [-0.2, 0) is 24.4 Å². The average Bonchev–Trinajstić information content (AvgIpc) is 3.17. The molecule has 34 heavy (non-hydrogen) atoms. The zero-order valence-electron chi connectivity index (χ0n) is 19.0. The van der Waals surface area contributed by atoms with Gasteiger partial charge >= 0.3 is 5.69 Å². The zero-order chi connectivity index (χ0) is 24.4. The monoisotopic (exact) mass is 465 g/mol. The lowest BCUT2D eigenvalue weighted by molar-refractivity contribution is -0.116. The molecule has 0 aliphatic heterocycles. The maximum absolute atomic E-state index is 13.4. The molecule has 0 aliphatic carbocycles. The molecule has 1 N–H and O–H groups in total. The van der Waals surface area contributed by atoms with Gasteiger partial charge in [-0.2, -0.15) is 5.10 Å². The molecule has 0 saturated carbocycles. The van der Waals surface area contributed by atoms with E-state index in [1.54, 1.807) is 31.2 Å². The van der Waals surface area contributed by atoms with Gasteiger partial charge in [0, 0.05) is 18.3 Å². The largest absolute Gasteiger partial charge is 0.497 e. The fraction of sp³-hybridized carbons (Fsp3) is 0.250. The molecule has 4 rings (SSSR count). The second-order valence-electron chi connectivity index (χ2n) is 7.77. The van der Waals surface area contributed by atoms with Crippen molar-refractivity contribution in [3.05, 3.63) is 86.4 Å². The molecule has 1 amide bonds. The van der Waals surface area contributed by atoms with Crippen LogP contribution in [0.2, 0.25) is 0 Å². The van der Waals surface area contributed by atoms with Crippen LogP contribution >= 0.6 is 0 Å². The Labute approximate surface area is 194 Å². The molecule has 0 unspecified atom stereocenters. The third-order valence-corrected chi connectivity index (χ3v) is 5.48. The summed E-state index contributed by atoms with van der Waals surface area (Å²) in [5.74, 6) is -0.296. The van der Waals surface area contributed by atoms with E-state index in [-0.39, 0.29) is 18.6 Å². The van der Waals surface area contributed by atoms with Crippen molar-refractivity contribution in [2.24, 2.45) is 0 Å². The highest BCUT2D eigenvalue weighted by atomic mass is 19.1. The van der Waals surface area contributed by atoms with E-state index in [4.69, 9.17) is 4.74 Å². The quantitative estimate of drug-likeness (QED) is 0.452. The maximum atomic E-state index is 13.4. The summed E-state index contributed by atoms with van der Waals surface area (Å²) in [6.45, 7) is 3.53. The summed E-state index contributed by atoms with van der Waals surface area (Å²) in [4.78, 5) is 39.6. The Kier molecular flexibility index (Phi) is 6.31. The number of aryl methyl sites for hydroxylation is 2. The second kappa shape index (κ2) is 9.34. The number of aromatic nitrogens is 4. The highest BCUT2D eigenvalue weighted by Gasteiger charge is 2.21. The summed E-state index contributed by atoms with van der Waals surface area (Å²) in [6, 6.07) is 12.4. The topological polar surface area (TPSA) is 100 Å². The molecule has 10 heteroatoms. The fourth-order valence-corrected chi connectivity index (χ4v) is 3.90. The predicted molar refractivity (Wildman–Crippen MR) is 126 cm³/mol. The van der Waals surface area contributed by atoms with Gasteiger partial charge in [-0.15, -0.1) is 0 Å². The Morgan fingerprint density at radius 2 is 1.82 bits per heavy atom. The molecule has 2 heterocycles. The molecule has 0 bridgehead atoms. The van der Waals surface area contributed by atoms with E-state index in [1.165, 1.54) is 40.6 Å². The van der Waals surface area contributed by atoms with E-state index < -0.39 is 23.0 Å². The summed E-state index contributed by atoms with van der Waals surface area (Å²) < 4.78 is 22.3. The van der Waals surface area contributed by atoms with Gasteiger partial charge in [0.25, 0.3) is 5.56 Å². The first kappa shape index (κ1) is 23.0. The first-order chi connectivity index (χ1) is 16.3. The standard InChI is InChI=1S/C24H24FN5O4/c1-4-30-22-21(15(2)27-30)28(14-20(31)26-18-6-5-7-19(12-18)34-3)24(33)29(23(22)32)13-16-8-10-17(25)11-9-16/h5-12H,4,13-14H2,1-3H3,(H,26,31). The molecule has 0 saturated heterocycles. The van der Waals surface area contributed by atoms with Crippen LogP contribution in [0.5, 0.6) is 5.75 Å². The number of nitrogens with one attached hydrogen (secondary N) is 1. The summed E-state index contributed by atoms with van der Waals surface area (Å²) in [5, 5.41) is 7.14. The molecule has 0 radical (unpaired) electrons. The molecule has 0 fully saturated rings. The van der Waals surface area contributed by atoms with E-state index in [2.05, 4.69) is 10.4 Å². The maximum Gasteiger partial charge on any atom is 0.332 e. The average molecular weight is 465 g/mol. The molecule has 176 valence electrons. The molecular formula is C24H24FN5O4. The van der Waals surface area contributed by atoms with Gasteiger partial charge < -0.3 is 10.1 Å². The minimum absolute atomic E-state index is 0.0701. The normalized spacial score (nSPS) is 11.1. The zero-order valence-corrected chi connectivity index (χ0v) is 19.0. The number of carbonyl (C=O) groups excluding carboxylic acids is 1. The van der Waals surface area contributed by atoms with Crippen molar-refractivity contribution < 1.29 is 13.9 Å². The van der Waals surface area contributed by atoms with Crippen LogP contribution in [0.25, 0.3) is 11.0 Å². The van der Waals surface area contributed by atoms with Gasteiger partial charge in [-0.25, -0.2) is 9.18 Å². The molecular weight excluding hydrogens is 441 g/mol. The first-order valence-electron chi connectivity index (χ1n) is 10.7. The van der Waals surface area contributed by atoms with E-state index in [0.717, 1.165) is 4.57 Å². The van der Waals surface area contributed by atoms with Crippen molar-refractivity contribution in [1.29, 1.82) is 0 Å². The summed E-state index contributed by atoms with van der Waals surface area (Å²) in [6.07, 6.45) is 0. The minimum Gasteiger partial charge on any atom is -0.497 e. The van der Waals surface area contributed by atoms with E-state index in [1.807, 2.05) is 6.92 Å². The van der Waals surface area contributed by atoms with Crippen LogP contribution in [0.4, 0.5) is 10.1 Å². The Balaban J connectivity index is 1.80. The third kappa shape index (κ3) is 4.34. The lowest BCUT2D eigenvalue weighted by Gasteiger charge is -2.14. The van der Waals surface area contributed by atoms with E-state index in [9.17, 15) is 18.8 Å². The highest BCUT2D eigenvalue weighted by molar-refractivity contribution is 5.91. The Morgan fingerprint density at radius 3 is 2.50 bits per heavy atom. The number of hydrogen-bond acceptors (Lipinski definition) is 5. The van der Waals surface area contributed by atoms with Gasteiger partial charge in [0.1, 0.15) is 23.6 Å². The van der Waals surface area contributed by atoms with Crippen molar-refractivity contribution in [2.75, 3.05) is 12.4 Å². The Bertz CT molecular complexity index is 1480. The second-order valence-corrected chi connectivity index (χ2v) is 7.77. The van der Waals surface area contributed by atoms with Gasteiger partial charge in [0.2, 0.25) is 5.91 Å². The first-order valence-corrected chi connectivity index (χ1v) is 10.7. The van der Waals surface area contributed by atoms with E-state index >= 15 is 0 Å². The number of amides is 1. The van der Waals surface area contributed by atoms with Crippen molar-refractivity contribution in [3.63, 3.8) is 0 Å². The molecule has 2 aromatic heterocycles. The fourth-order valence-electron chi connectivity index (χ4n) is 3.90. The number of fused-ring (bicyclic) bond motifs is 1. The molecule has 0 spiro atoms. The van der Waals surface area contributed by atoms with Gasteiger partial charge in [0.05, 0.1) is 19.3 Å². The van der Waals surface area contributed by atoms with Crippen LogP contribution < -0.4 is 21.3 Å². The summed E-state index contributed by atoms with van der Waals surface area (Å²) >= 11 is 0. The van der Waals surface area contributed by atoms with Crippen LogP contribution in [0.1, 0.15) is 18.2 Å². The molecule has 9 nitrogen and oxygen atoms in total. The van der Waals surface area contributed by atoms with Crippen LogP contribution in [0.3, 0.4) is 0 Å². The summed E-state index contributed by atoms with van der Waals surface area (Å²) in [7, 11) is 1.52. The van der Waals surface area contributed by atoms with Crippen molar-refractivity contribution in [3.8, 4) is 5.75 Å². The number of rotatable bonds is 7. The van der Waals surface area contributed by atoms with Crippen molar-refractivity contribution in [2.45, 2.75) is 33.5 Å². The number of nitrogens with zero attached hydrogens (tertiary/aromatic N) is 4. The molecule has 2 aromatic carbocycles. The van der Waals surface area contributed by atoms with Crippen LogP contribution in [0.15, 0.2) is 58.1 Å². The predicted octanol–water partition coefficient (Wildman–Crippen LogP) is 2.52. The number of hydrogen-bond donors (Lipinski definition) is 1. The third-order valence-electron chi connectivity index (χ3n) is 5.48. The van der Waals surface area contributed by atoms with Gasteiger partial charge in [-0.1, -0.05) is 18.2 Å². The van der Waals surface area contributed by atoms with E-state index in [0.29, 0.717) is 34.8 Å². The number of halogens is 1. The van der Waals surface area contributed by atoms with Gasteiger partial charge in [0.15, 0.2) is 5.52 Å². The lowest BCUT2D eigenvalue weighted by Crippen LogP contribution is -2.42. The lowest BCUT2D eigenvalue weighted by atomic mass is 10.2. The minimum atomic E-state index is -0.652. The molecule has 0 atom stereocenters. The molecule has 4 aromatic rings. The number of benzene rings is 2. The Morgan fingerprint density at radius 1 is 1.09 bits per heavy atom. The van der Waals surface area contributed by atoms with Crippen molar-refractivity contribution >= 4 is 22.6 Å². The number of carbonyl (C=O) groups is 1. The smallest absolute Gasteiger partial charge is 0.332 e. The van der Waals surface area contributed by atoms with Gasteiger partial charge in [-0.05, 0) is 43.7 Å². The van der Waals surface area contributed by atoms with Gasteiger partial charge in [-0.3, -0.25) is 23.4 Å². The molecule has 0 aliphatic rings.